The molecule has 0 amide bonds. The van der Waals surface area contributed by atoms with E-state index >= 15 is 0 Å². The lowest BCUT2D eigenvalue weighted by molar-refractivity contribution is 0.0697. The second-order valence-corrected chi connectivity index (χ2v) is 6.14. The van der Waals surface area contributed by atoms with Crippen LogP contribution in [0.25, 0.3) is 0 Å². The molecule has 1 N–H and O–H groups in total. The van der Waals surface area contributed by atoms with E-state index in [0.717, 1.165) is 23.5 Å². The van der Waals surface area contributed by atoms with Crippen LogP contribution in [0.3, 0.4) is 0 Å². The minimum atomic E-state index is -0.878. The number of rotatable bonds is 5. The molecule has 19 heavy (non-hydrogen) atoms. The predicted octanol–water partition coefficient (Wildman–Crippen LogP) is 3.77. The molecule has 0 aromatic heterocycles. The van der Waals surface area contributed by atoms with Crippen molar-refractivity contribution in [2.75, 3.05) is 13.1 Å². The van der Waals surface area contributed by atoms with Gasteiger partial charge in [-0.3, -0.25) is 4.90 Å². The van der Waals surface area contributed by atoms with E-state index in [1.165, 1.54) is 31.4 Å². The van der Waals surface area contributed by atoms with Gasteiger partial charge in [0.05, 0.1) is 5.56 Å². The molecule has 1 aromatic carbocycles. The van der Waals surface area contributed by atoms with Gasteiger partial charge < -0.3 is 5.11 Å². The SMILES string of the molecule is CCCC1CCN(Cc2ccc(C(=O)O)cc2Br)C1. The molecule has 0 saturated carbocycles. The van der Waals surface area contributed by atoms with Gasteiger partial charge in [0.25, 0.3) is 0 Å². The lowest BCUT2D eigenvalue weighted by atomic mass is 10.0. The number of halogens is 1. The zero-order valence-corrected chi connectivity index (χ0v) is 12.8. The van der Waals surface area contributed by atoms with Crippen molar-refractivity contribution in [2.45, 2.75) is 32.7 Å². The first-order chi connectivity index (χ1) is 9.10. The topological polar surface area (TPSA) is 40.5 Å². The van der Waals surface area contributed by atoms with Crippen LogP contribution in [-0.2, 0) is 6.54 Å². The number of likely N-dealkylation sites (tertiary alicyclic amines) is 1. The Kier molecular flexibility index (Phi) is 4.99. The van der Waals surface area contributed by atoms with Gasteiger partial charge in [0.1, 0.15) is 0 Å². The van der Waals surface area contributed by atoms with Gasteiger partial charge in [-0.25, -0.2) is 4.79 Å². The maximum Gasteiger partial charge on any atom is 0.335 e. The third kappa shape index (κ3) is 3.80. The fourth-order valence-electron chi connectivity index (χ4n) is 2.75. The largest absolute Gasteiger partial charge is 0.478 e. The molecule has 0 radical (unpaired) electrons. The summed E-state index contributed by atoms with van der Waals surface area (Å²) in [7, 11) is 0. The van der Waals surface area contributed by atoms with Crippen molar-refractivity contribution in [3.8, 4) is 0 Å². The van der Waals surface area contributed by atoms with E-state index in [1.807, 2.05) is 6.07 Å². The van der Waals surface area contributed by atoms with E-state index in [1.54, 1.807) is 12.1 Å². The van der Waals surface area contributed by atoms with Gasteiger partial charge in [0, 0.05) is 17.6 Å². The lowest BCUT2D eigenvalue weighted by Crippen LogP contribution is -2.20. The Morgan fingerprint density at radius 1 is 1.53 bits per heavy atom. The summed E-state index contributed by atoms with van der Waals surface area (Å²) in [5.74, 6) is -0.0431. The normalized spacial score (nSPS) is 19.8. The van der Waals surface area contributed by atoms with E-state index in [4.69, 9.17) is 5.11 Å². The highest BCUT2D eigenvalue weighted by Gasteiger charge is 2.22. The molecule has 1 heterocycles. The Morgan fingerprint density at radius 3 is 2.95 bits per heavy atom. The van der Waals surface area contributed by atoms with Crippen molar-refractivity contribution in [3.05, 3.63) is 33.8 Å². The summed E-state index contributed by atoms with van der Waals surface area (Å²) in [5, 5.41) is 8.95. The van der Waals surface area contributed by atoms with Crippen LogP contribution >= 0.6 is 15.9 Å². The van der Waals surface area contributed by atoms with Gasteiger partial charge in [-0.05, 0) is 43.0 Å². The second-order valence-electron chi connectivity index (χ2n) is 5.29. The van der Waals surface area contributed by atoms with Crippen LogP contribution in [0.1, 0.15) is 42.1 Å². The minimum Gasteiger partial charge on any atom is -0.478 e. The highest BCUT2D eigenvalue weighted by molar-refractivity contribution is 9.10. The summed E-state index contributed by atoms with van der Waals surface area (Å²) in [5.41, 5.74) is 1.50. The molecule has 104 valence electrons. The number of aromatic carboxylic acids is 1. The van der Waals surface area contributed by atoms with Crippen molar-refractivity contribution in [1.29, 1.82) is 0 Å². The lowest BCUT2D eigenvalue weighted by Gasteiger charge is -2.17. The zero-order valence-electron chi connectivity index (χ0n) is 11.2. The standard InChI is InChI=1S/C15H20BrNO2/c1-2-3-11-6-7-17(9-11)10-13-5-4-12(15(18)19)8-14(13)16/h4-5,8,11H,2-3,6-7,9-10H2,1H3,(H,18,19). The summed E-state index contributed by atoms with van der Waals surface area (Å²) in [4.78, 5) is 13.4. The highest BCUT2D eigenvalue weighted by Crippen LogP contribution is 2.25. The molecule has 1 aliphatic heterocycles. The van der Waals surface area contributed by atoms with E-state index < -0.39 is 5.97 Å². The van der Waals surface area contributed by atoms with Gasteiger partial charge in [-0.15, -0.1) is 0 Å². The molecule has 2 rings (SSSR count). The first-order valence-electron chi connectivity index (χ1n) is 6.84. The van der Waals surface area contributed by atoms with Gasteiger partial charge >= 0.3 is 5.97 Å². The number of carboxylic acids is 1. The molecule has 1 atom stereocenters. The molecule has 0 bridgehead atoms. The third-order valence-corrected chi connectivity index (χ3v) is 4.50. The molecule has 3 nitrogen and oxygen atoms in total. The zero-order chi connectivity index (χ0) is 13.8. The summed E-state index contributed by atoms with van der Waals surface area (Å²) in [6, 6.07) is 5.29. The number of nitrogens with zero attached hydrogens (tertiary/aromatic N) is 1. The molecule has 0 spiro atoms. The van der Waals surface area contributed by atoms with Crippen LogP contribution in [0.2, 0.25) is 0 Å². The number of carboxylic acid groups (broad SMARTS) is 1. The van der Waals surface area contributed by atoms with Crippen LogP contribution in [0.5, 0.6) is 0 Å². The number of carbonyl (C=O) groups is 1. The first kappa shape index (κ1) is 14.5. The smallest absolute Gasteiger partial charge is 0.335 e. The molecule has 0 aliphatic carbocycles. The van der Waals surface area contributed by atoms with E-state index in [2.05, 4.69) is 27.8 Å². The minimum absolute atomic E-state index is 0.334. The Labute approximate surface area is 122 Å². The monoisotopic (exact) mass is 325 g/mol. The summed E-state index contributed by atoms with van der Waals surface area (Å²) in [6.45, 7) is 5.46. The Morgan fingerprint density at radius 2 is 2.32 bits per heavy atom. The van der Waals surface area contributed by atoms with Crippen molar-refractivity contribution in [2.24, 2.45) is 5.92 Å². The second kappa shape index (κ2) is 6.53. The maximum absolute atomic E-state index is 10.9. The van der Waals surface area contributed by atoms with Crippen LogP contribution in [0.15, 0.2) is 22.7 Å². The summed E-state index contributed by atoms with van der Waals surface area (Å²) in [6.07, 6.45) is 3.86. The molecule has 1 unspecified atom stereocenters. The fourth-order valence-corrected chi connectivity index (χ4v) is 3.25. The van der Waals surface area contributed by atoms with Gasteiger partial charge in [0.15, 0.2) is 0 Å². The Balaban J connectivity index is 1.98. The van der Waals surface area contributed by atoms with Crippen molar-refractivity contribution >= 4 is 21.9 Å². The van der Waals surface area contributed by atoms with Gasteiger partial charge in [-0.2, -0.15) is 0 Å². The third-order valence-electron chi connectivity index (χ3n) is 3.76. The van der Waals surface area contributed by atoms with Gasteiger partial charge in [0.2, 0.25) is 0 Å². The van der Waals surface area contributed by atoms with Crippen LogP contribution in [-0.4, -0.2) is 29.1 Å². The Hall–Kier alpha value is -0.870. The maximum atomic E-state index is 10.9. The summed E-state index contributed by atoms with van der Waals surface area (Å²) < 4.78 is 0.895. The van der Waals surface area contributed by atoms with Gasteiger partial charge in [-0.1, -0.05) is 35.3 Å². The number of hydrogen-bond donors (Lipinski definition) is 1. The van der Waals surface area contributed by atoms with E-state index in [-0.39, 0.29) is 0 Å². The molecule has 1 aliphatic rings. The molecular weight excluding hydrogens is 306 g/mol. The average Bonchev–Trinajstić information content (AvgIpc) is 2.79. The molecular formula is C15H20BrNO2. The number of hydrogen-bond acceptors (Lipinski definition) is 2. The van der Waals surface area contributed by atoms with Crippen LogP contribution < -0.4 is 0 Å². The van der Waals surface area contributed by atoms with Crippen LogP contribution in [0, 0.1) is 5.92 Å². The molecule has 1 saturated heterocycles. The molecule has 4 heteroatoms. The fraction of sp³-hybridized carbons (Fsp3) is 0.533. The molecule has 1 aromatic rings. The highest BCUT2D eigenvalue weighted by atomic mass is 79.9. The average molecular weight is 326 g/mol. The quantitative estimate of drug-likeness (QED) is 0.895. The van der Waals surface area contributed by atoms with Crippen molar-refractivity contribution in [1.82, 2.24) is 4.90 Å². The van der Waals surface area contributed by atoms with Crippen LogP contribution in [0.4, 0.5) is 0 Å². The predicted molar refractivity (Wildman–Crippen MR) is 79.4 cm³/mol. The number of benzene rings is 1. The molecule has 1 fully saturated rings. The Bertz CT molecular complexity index is 461. The van der Waals surface area contributed by atoms with Crippen molar-refractivity contribution in [3.63, 3.8) is 0 Å². The van der Waals surface area contributed by atoms with E-state index in [9.17, 15) is 4.79 Å². The van der Waals surface area contributed by atoms with E-state index in [0.29, 0.717) is 5.56 Å². The summed E-state index contributed by atoms with van der Waals surface area (Å²) >= 11 is 3.48. The van der Waals surface area contributed by atoms with Crippen molar-refractivity contribution < 1.29 is 9.90 Å². The first-order valence-corrected chi connectivity index (χ1v) is 7.63.